The molecule has 2 aromatic heterocycles. The first kappa shape index (κ1) is 14.7. The number of benzene rings is 1. The zero-order valence-corrected chi connectivity index (χ0v) is 13.9. The summed E-state index contributed by atoms with van der Waals surface area (Å²) in [7, 11) is 0. The van der Waals surface area contributed by atoms with Crippen molar-refractivity contribution < 1.29 is 5.11 Å². The highest BCUT2D eigenvalue weighted by atomic mass is 32.1. The van der Waals surface area contributed by atoms with E-state index < -0.39 is 0 Å². The maximum absolute atomic E-state index is 10.7. The third-order valence-corrected chi connectivity index (χ3v) is 5.78. The minimum absolute atomic E-state index is 0.0556. The molecule has 2 atom stereocenters. The maximum atomic E-state index is 10.7. The fraction of sp³-hybridized carbons (Fsp3) is 0.412. The molecule has 4 rings (SSSR count). The van der Waals surface area contributed by atoms with E-state index in [-0.39, 0.29) is 11.9 Å². The summed E-state index contributed by atoms with van der Waals surface area (Å²) in [6.45, 7) is 3.33. The zero-order valence-electron chi connectivity index (χ0n) is 13.1. The minimum Gasteiger partial charge on any atom is -0.492 e. The van der Waals surface area contributed by atoms with E-state index in [1.807, 2.05) is 6.07 Å². The van der Waals surface area contributed by atoms with Crippen molar-refractivity contribution in [3.05, 3.63) is 47.1 Å². The van der Waals surface area contributed by atoms with E-state index in [0.29, 0.717) is 6.04 Å². The molecule has 0 bridgehead atoms. The summed E-state index contributed by atoms with van der Waals surface area (Å²) in [6.07, 6.45) is 5.16. The highest BCUT2D eigenvalue weighted by molar-refractivity contribution is 7.17. The predicted octanol–water partition coefficient (Wildman–Crippen LogP) is 3.46. The van der Waals surface area contributed by atoms with Gasteiger partial charge in [-0.3, -0.25) is 4.90 Å². The van der Waals surface area contributed by atoms with E-state index in [1.54, 1.807) is 0 Å². The minimum atomic E-state index is 0.0556. The molecule has 0 radical (unpaired) electrons. The van der Waals surface area contributed by atoms with E-state index in [1.165, 1.54) is 47.0 Å². The van der Waals surface area contributed by atoms with Crippen LogP contribution < -0.4 is 0 Å². The molecule has 5 nitrogen and oxygen atoms in total. The first-order chi connectivity index (χ1) is 11.3. The summed E-state index contributed by atoms with van der Waals surface area (Å²) in [4.78, 5) is 8.41. The van der Waals surface area contributed by atoms with Crippen LogP contribution in [0.4, 0.5) is 0 Å². The van der Waals surface area contributed by atoms with E-state index in [0.717, 1.165) is 16.4 Å². The largest absolute Gasteiger partial charge is 0.492 e. The number of fused-ring (bicyclic) bond motifs is 1. The van der Waals surface area contributed by atoms with Crippen LogP contribution in [0.5, 0.6) is 5.88 Å². The molecule has 120 valence electrons. The Balaban J connectivity index is 1.84. The Labute approximate surface area is 139 Å². The SMILES string of the molecule is CC1CCCCN1C(c1ccccc1)c1sc2ncnn2c1O. The van der Waals surface area contributed by atoms with Crippen molar-refractivity contribution in [2.75, 3.05) is 6.54 Å². The maximum Gasteiger partial charge on any atom is 0.230 e. The summed E-state index contributed by atoms with van der Waals surface area (Å²) < 4.78 is 1.53. The number of aromatic hydroxyl groups is 1. The van der Waals surface area contributed by atoms with Gasteiger partial charge in [0.25, 0.3) is 0 Å². The third-order valence-electron chi connectivity index (χ3n) is 4.69. The molecular formula is C17H20N4OS. The van der Waals surface area contributed by atoms with Crippen LogP contribution in [0.25, 0.3) is 4.96 Å². The van der Waals surface area contributed by atoms with Crippen molar-refractivity contribution >= 4 is 16.3 Å². The van der Waals surface area contributed by atoms with Crippen LogP contribution in [0.2, 0.25) is 0 Å². The van der Waals surface area contributed by atoms with Gasteiger partial charge in [0, 0.05) is 6.04 Å². The van der Waals surface area contributed by atoms with Gasteiger partial charge >= 0.3 is 0 Å². The molecule has 0 spiro atoms. The molecule has 1 aliphatic rings. The summed E-state index contributed by atoms with van der Waals surface area (Å²) in [5.74, 6) is 0.217. The van der Waals surface area contributed by atoms with Gasteiger partial charge in [-0.25, -0.2) is 4.98 Å². The summed E-state index contributed by atoms with van der Waals surface area (Å²) in [5, 5.41) is 14.8. The van der Waals surface area contributed by atoms with E-state index >= 15 is 0 Å². The molecular weight excluding hydrogens is 308 g/mol. The number of piperidine rings is 1. The van der Waals surface area contributed by atoms with Gasteiger partial charge in [0.05, 0.1) is 10.9 Å². The second-order valence-electron chi connectivity index (χ2n) is 6.14. The number of hydrogen-bond donors (Lipinski definition) is 1. The quantitative estimate of drug-likeness (QED) is 0.800. The van der Waals surface area contributed by atoms with E-state index in [9.17, 15) is 5.11 Å². The van der Waals surface area contributed by atoms with Gasteiger partial charge in [-0.15, -0.1) is 0 Å². The molecule has 3 aromatic rings. The first-order valence-electron chi connectivity index (χ1n) is 8.08. The first-order valence-corrected chi connectivity index (χ1v) is 8.89. The van der Waals surface area contributed by atoms with Crippen LogP contribution >= 0.6 is 11.3 Å². The molecule has 1 aliphatic heterocycles. The zero-order chi connectivity index (χ0) is 15.8. The number of nitrogens with zero attached hydrogens (tertiary/aromatic N) is 4. The highest BCUT2D eigenvalue weighted by Crippen LogP contribution is 2.41. The smallest absolute Gasteiger partial charge is 0.230 e. The molecule has 23 heavy (non-hydrogen) atoms. The van der Waals surface area contributed by atoms with Crippen LogP contribution in [0, 0.1) is 0 Å². The number of hydrogen-bond acceptors (Lipinski definition) is 5. The van der Waals surface area contributed by atoms with Crippen LogP contribution in [0.15, 0.2) is 36.7 Å². The van der Waals surface area contributed by atoms with E-state index in [2.05, 4.69) is 46.2 Å². The summed E-state index contributed by atoms with van der Waals surface area (Å²) >= 11 is 1.53. The molecule has 3 heterocycles. The lowest BCUT2D eigenvalue weighted by atomic mass is 9.96. The van der Waals surface area contributed by atoms with Crippen molar-refractivity contribution in [2.45, 2.75) is 38.3 Å². The molecule has 1 fully saturated rings. The fourth-order valence-corrected chi connectivity index (χ4v) is 4.58. The van der Waals surface area contributed by atoms with Crippen LogP contribution in [-0.2, 0) is 0 Å². The van der Waals surface area contributed by atoms with Crippen molar-refractivity contribution in [3.8, 4) is 5.88 Å². The normalized spacial score (nSPS) is 20.8. The summed E-state index contributed by atoms with van der Waals surface area (Å²) in [6, 6.07) is 11.0. The van der Waals surface area contributed by atoms with Gasteiger partial charge < -0.3 is 5.11 Å². The molecule has 2 unspecified atom stereocenters. The number of aromatic nitrogens is 3. The topological polar surface area (TPSA) is 53.7 Å². The standard InChI is InChI=1S/C17H20N4OS/c1-12-7-5-6-10-20(12)14(13-8-3-2-4-9-13)15-16(22)21-17(23-15)18-11-19-21/h2-4,8-9,11-12,14,22H,5-7,10H2,1H3. The highest BCUT2D eigenvalue weighted by Gasteiger charge is 2.32. The van der Waals surface area contributed by atoms with Gasteiger partial charge in [0.2, 0.25) is 10.8 Å². The molecule has 1 aromatic carbocycles. The van der Waals surface area contributed by atoms with Gasteiger partial charge in [0.15, 0.2) is 0 Å². The molecule has 6 heteroatoms. The van der Waals surface area contributed by atoms with Gasteiger partial charge in [-0.1, -0.05) is 48.1 Å². The van der Waals surface area contributed by atoms with E-state index in [4.69, 9.17) is 0 Å². The summed E-state index contributed by atoms with van der Waals surface area (Å²) in [5.41, 5.74) is 1.21. The van der Waals surface area contributed by atoms with Gasteiger partial charge in [-0.2, -0.15) is 9.61 Å². The monoisotopic (exact) mass is 328 g/mol. The lowest BCUT2D eigenvalue weighted by Gasteiger charge is -2.39. The average Bonchev–Trinajstić information content (AvgIpc) is 3.15. The van der Waals surface area contributed by atoms with Crippen LogP contribution in [0.3, 0.4) is 0 Å². The third kappa shape index (κ3) is 2.52. The lowest BCUT2D eigenvalue weighted by Crippen LogP contribution is -2.40. The number of thiazole rings is 1. The van der Waals surface area contributed by atoms with Crippen molar-refractivity contribution in [2.24, 2.45) is 0 Å². The molecule has 0 saturated carbocycles. The second-order valence-corrected chi connectivity index (χ2v) is 7.15. The molecule has 0 aliphatic carbocycles. The Kier molecular flexibility index (Phi) is 3.79. The Morgan fingerprint density at radius 2 is 2.09 bits per heavy atom. The lowest BCUT2D eigenvalue weighted by molar-refractivity contribution is 0.125. The second kappa shape index (κ2) is 5.94. The Bertz CT molecular complexity index is 797. The fourth-order valence-electron chi connectivity index (χ4n) is 3.50. The van der Waals surface area contributed by atoms with Crippen LogP contribution in [0.1, 0.15) is 42.7 Å². The Morgan fingerprint density at radius 1 is 1.26 bits per heavy atom. The van der Waals surface area contributed by atoms with Crippen LogP contribution in [-0.4, -0.2) is 37.2 Å². The van der Waals surface area contributed by atoms with Gasteiger partial charge in [0.1, 0.15) is 6.33 Å². The van der Waals surface area contributed by atoms with Crippen molar-refractivity contribution in [1.29, 1.82) is 0 Å². The van der Waals surface area contributed by atoms with Crippen molar-refractivity contribution in [3.63, 3.8) is 0 Å². The Hall–Kier alpha value is -1.92. The number of likely N-dealkylation sites (tertiary alicyclic amines) is 1. The van der Waals surface area contributed by atoms with Crippen molar-refractivity contribution in [1.82, 2.24) is 19.5 Å². The number of rotatable bonds is 3. The molecule has 1 N–H and O–H groups in total. The van der Waals surface area contributed by atoms with Gasteiger partial charge in [-0.05, 0) is 31.9 Å². The molecule has 1 saturated heterocycles. The average molecular weight is 328 g/mol. The predicted molar refractivity (Wildman–Crippen MR) is 90.8 cm³/mol. The Morgan fingerprint density at radius 3 is 2.83 bits per heavy atom. The molecule has 0 amide bonds.